The summed E-state index contributed by atoms with van der Waals surface area (Å²) >= 11 is 0. The molecule has 0 radical (unpaired) electrons. The van der Waals surface area contributed by atoms with Gasteiger partial charge in [0.15, 0.2) is 0 Å². The van der Waals surface area contributed by atoms with E-state index in [0.717, 1.165) is 24.6 Å². The van der Waals surface area contributed by atoms with Crippen molar-refractivity contribution in [2.24, 2.45) is 0 Å². The molecule has 0 unspecified atom stereocenters. The fourth-order valence-corrected chi connectivity index (χ4v) is 1.82. The first kappa shape index (κ1) is 12.9. The number of amides is 1. The first-order valence-electron chi connectivity index (χ1n) is 6.52. The van der Waals surface area contributed by atoms with Crippen LogP contribution in [0.5, 0.6) is 5.75 Å². The molecule has 3 N–H and O–H groups in total. The van der Waals surface area contributed by atoms with Crippen LogP contribution in [0.4, 0.5) is 0 Å². The molecule has 1 aliphatic carbocycles. The normalized spacial score (nSPS) is 14.4. The van der Waals surface area contributed by atoms with Gasteiger partial charge in [-0.1, -0.05) is 12.1 Å². The van der Waals surface area contributed by atoms with Gasteiger partial charge in [0.25, 0.3) is 0 Å². The summed E-state index contributed by atoms with van der Waals surface area (Å²) in [5.74, 6) is 0.209. The van der Waals surface area contributed by atoms with Crippen LogP contribution in [-0.4, -0.2) is 30.1 Å². The van der Waals surface area contributed by atoms with Gasteiger partial charge in [0.1, 0.15) is 5.75 Å². The molecule has 4 nitrogen and oxygen atoms in total. The first-order chi connectivity index (χ1) is 8.74. The molecule has 4 heteroatoms. The zero-order valence-electron chi connectivity index (χ0n) is 10.5. The van der Waals surface area contributed by atoms with E-state index in [2.05, 4.69) is 10.6 Å². The Bertz CT molecular complexity index is 403. The Balaban J connectivity index is 1.59. The van der Waals surface area contributed by atoms with Crippen LogP contribution in [0.3, 0.4) is 0 Å². The maximum absolute atomic E-state index is 11.6. The van der Waals surface area contributed by atoms with Crippen molar-refractivity contribution in [2.75, 3.05) is 13.1 Å². The standard InChI is InChI=1S/C14H20N2O2/c17-13-4-1-3-11(9-13)10-14(18)16-8-2-7-15-12-5-6-12/h1,3-4,9,12,15,17H,2,5-8,10H2,(H,16,18). The van der Waals surface area contributed by atoms with E-state index in [1.807, 2.05) is 6.07 Å². The van der Waals surface area contributed by atoms with Gasteiger partial charge >= 0.3 is 0 Å². The smallest absolute Gasteiger partial charge is 0.224 e. The third kappa shape index (κ3) is 4.75. The molecule has 1 aliphatic rings. The lowest BCUT2D eigenvalue weighted by atomic mass is 10.1. The summed E-state index contributed by atoms with van der Waals surface area (Å²) in [7, 11) is 0. The van der Waals surface area contributed by atoms with Crippen molar-refractivity contribution >= 4 is 5.91 Å². The van der Waals surface area contributed by atoms with Gasteiger partial charge in [-0.25, -0.2) is 0 Å². The van der Waals surface area contributed by atoms with E-state index in [1.54, 1.807) is 18.2 Å². The van der Waals surface area contributed by atoms with Crippen molar-refractivity contribution < 1.29 is 9.90 Å². The Morgan fingerprint density at radius 1 is 1.33 bits per heavy atom. The molecule has 18 heavy (non-hydrogen) atoms. The highest BCUT2D eigenvalue weighted by atomic mass is 16.3. The van der Waals surface area contributed by atoms with Crippen molar-refractivity contribution in [1.29, 1.82) is 0 Å². The predicted octanol–water partition coefficient (Wildman–Crippen LogP) is 1.19. The van der Waals surface area contributed by atoms with E-state index < -0.39 is 0 Å². The summed E-state index contributed by atoms with van der Waals surface area (Å²) in [6.07, 6.45) is 3.88. The summed E-state index contributed by atoms with van der Waals surface area (Å²) < 4.78 is 0. The third-order valence-electron chi connectivity index (χ3n) is 2.96. The minimum atomic E-state index is 0.00650. The van der Waals surface area contributed by atoms with Crippen molar-refractivity contribution in [3.8, 4) is 5.75 Å². The fraction of sp³-hybridized carbons (Fsp3) is 0.500. The van der Waals surface area contributed by atoms with Crippen molar-refractivity contribution in [2.45, 2.75) is 31.7 Å². The van der Waals surface area contributed by atoms with Gasteiger partial charge < -0.3 is 15.7 Å². The highest BCUT2D eigenvalue weighted by molar-refractivity contribution is 5.78. The van der Waals surface area contributed by atoms with Gasteiger partial charge in [0.05, 0.1) is 6.42 Å². The lowest BCUT2D eigenvalue weighted by Gasteiger charge is -2.06. The number of hydrogen-bond donors (Lipinski definition) is 3. The number of carbonyl (C=O) groups is 1. The highest BCUT2D eigenvalue weighted by Crippen LogP contribution is 2.18. The lowest BCUT2D eigenvalue weighted by Crippen LogP contribution is -2.29. The molecule has 98 valence electrons. The van der Waals surface area contributed by atoms with Crippen molar-refractivity contribution in [3.05, 3.63) is 29.8 Å². The summed E-state index contributed by atoms with van der Waals surface area (Å²) in [6, 6.07) is 7.54. The average molecular weight is 248 g/mol. The molecule has 0 aromatic heterocycles. The van der Waals surface area contributed by atoms with Gasteiger partial charge in [0, 0.05) is 12.6 Å². The SMILES string of the molecule is O=C(Cc1cccc(O)c1)NCCCNC1CC1. The van der Waals surface area contributed by atoms with E-state index in [-0.39, 0.29) is 11.7 Å². The topological polar surface area (TPSA) is 61.4 Å². The number of hydrogen-bond acceptors (Lipinski definition) is 3. The van der Waals surface area contributed by atoms with E-state index in [4.69, 9.17) is 0 Å². The molecule has 1 aromatic rings. The summed E-state index contributed by atoms with van der Waals surface area (Å²) in [6.45, 7) is 1.68. The number of rotatable bonds is 7. The van der Waals surface area contributed by atoms with Crippen LogP contribution in [0.25, 0.3) is 0 Å². The Morgan fingerprint density at radius 2 is 2.17 bits per heavy atom. The van der Waals surface area contributed by atoms with Crippen LogP contribution in [0.15, 0.2) is 24.3 Å². The van der Waals surface area contributed by atoms with Gasteiger partial charge in [0.2, 0.25) is 5.91 Å². The largest absolute Gasteiger partial charge is 0.508 e. The highest BCUT2D eigenvalue weighted by Gasteiger charge is 2.19. The van der Waals surface area contributed by atoms with Crippen molar-refractivity contribution in [3.63, 3.8) is 0 Å². The van der Waals surface area contributed by atoms with Crippen LogP contribution in [0.2, 0.25) is 0 Å². The van der Waals surface area contributed by atoms with E-state index >= 15 is 0 Å². The molecule has 1 saturated carbocycles. The zero-order chi connectivity index (χ0) is 12.8. The maximum atomic E-state index is 11.6. The molecule has 2 rings (SSSR count). The van der Waals surface area contributed by atoms with E-state index in [1.165, 1.54) is 12.8 Å². The quantitative estimate of drug-likeness (QED) is 0.635. The second-order valence-corrected chi connectivity index (χ2v) is 4.78. The van der Waals surface area contributed by atoms with E-state index in [0.29, 0.717) is 13.0 Å². The van der Waals surface area contributed by atoms with Gasteiger partial charge in [-0.3, -0.25) is 4.79 Å². The molecule has 1 fully saturated rings. The molecule has 0 heterocycles. The van der Waals surface area contributed by atoms with Crippen molar-refractivity contribution in [1.82, 2.24) is 10.6 Å². The van der Waals surface area contributed by atoms with Crippen LogP contribution in [0, 0.1) is 0 Å². The van der Waals surface area contributed by atoms with Crippen LogP contribution < -0.4 is 10.6 Å². The molecule has 1 aromatic carbocycles. The number of phenols is 1. The maximum Gasteiger partial charge on any atom is 0.224 e. The molecular formula is C14H20N2O2. The van der Waals surface area contributed by atoms with Gasteiger partial charge in [-0.2, -0.15) is 0 Å². The average Bonchev–Trinajstić information content (AvgIpc) is 3.12. The van der Waals surface area contributed by atoms with Crippen LogP contribution in [0.1, 0.15) is 24.8 Å². The van der Waals surface area contributed by atoms with Gasteiger partial charge in [-0.15, -0.1) is 0 Å². The van der Waals surface area contributed by atoms with Gasteiger partial charge in [-0.05, 0) is 43.5 Å². The molecule has 0 spiro atoms. The Morgan fingerprint density at radius 3 is 2.89 bits per heavy atom. The Kier molecular flexibility index (Phi) is 4.59. The van der Waals surface area contributed by atoms with Crippen LogP contribution in [-0.2, 0) is 11.2 Å². The lowest BCUT2D eigenvalue weighted by molar-refractivity contribution is -0.120. The zero-order valence-corrected chi connectivity index (χ0v) is 10.5. The summed E-state index contributed by atoms with van der Waals surface area (Å²) in [4.78, 5) is 11.6. The molecule has 0 atom stereocenters. The monoisotopic (exact) mass is 248 g/mol. The fourth-order valence-electron chi connectivity index (χ4n) is 1.82. The molecular weight excluding hydrogens is 228 g/mol. The number of carbonyl (C=O) groups excluding carboxylic acids is 1. The number of nitrogens with one attached hydrogen (secondary N) is 2. The first-order valence-corrected chi connectivity index (χ1v) is 6.52. The molecule has 0 aliphatic heterocycles. The Hall–Kier alpha value is -1.55. The molecule has 1 amide bonds. The number of phenolic OH excluding ortho intramolecular Hbond substituents is 1. The predicted molar refractivity (Wildman–Crippen MR) is 70.5 cm³/mol. The Labute approximate surface area is 107 Å². The minimum absolute atomic E-state index is 0.00650. The summed E-state index contributed by atoms with van der Waals surface area (Å²) in [5.41, 5.74) is 0.837. The second kappa shape index (κ2) is 6.40. The number of benzene rings is 1. The summed E-state index contributed by atoms with van der Waals surface area (Å²) in [5, 5.41) is 15.6. The minimum Gasteiger partial charge on any atom is -0.508 e. The number of aromatic hydroxyl groups is 1. The third-order valence-corrected chi connectivity index (χ3v) is 2.96. The second-order valence-electron chi connectivity index (χ2n) is 4.78. The van der Waals surface area contributed by atoms with Crippen LogP contribution >= 0.6 is 0 Å². The van der Waals surface area contributed by atoms with E-state index in [9.17, 15) is 9.90 Å². The molecule has 0 saturated heterocycles. The molecule has 0 bridgehead atoms.